The summed E-state index contributed by atoms with van der Waals surface area (Å²) in [6.07, 6.45) is 2.01. The standard InChI is InChI=1S/C13H18N2O2S/c1-13(6-3-7-18-13)12(16)15-11-5-4-9(17-2)8-10(11)14/h4-5,8H,3,6-7,14H2,1-2H3,(H,15,16). The van der Waals surface area contributed by atoms with Gasteiger partial charge < -0.3 is 15.8 Å². The topological polar surface area (TPSA) is 64.3 Å². The van der Waals surface area contributed by atoms with Gasteiger partial charge in [-0.2, -0.15) is 0 Å². The van der Waals surface area contributed by atoms with Crippen LogP contribution >= 0.6 is 11.8 Å². The number of rotatable bonds is 3. The monoisotopic (exact) mass is 266 g/mol. The first-order valence-corrected chi connectivity index (χ1v) is 6.93. The van der Waals surface area contributed by atoms with E-state index in [9.17, 15) is 4.79 Å². The molecule has 1 aliphatic heterocycles. The molecule has 1 atom stereocenters. The molecule has 0 aromatic heterocycles. The van der Waals surface area contributed by atoms with E-state index in [4.69, 9.17) is 10.5 Å². The van der Waals surface area contributed by atoms with E-state index < -0.39 is 0 Å². The SMILES string of the molecule is COc1ccc(NC(=O)C2(C)CCCS2)c(N)c1. The van der Waals surface area contributed by atoms with Crippen LogP contribution in [0.25, 0.3) is 0 Å². The van der Waals surface area contributed by atoms with Crippen molar-refractivity contribution in [3.05, 3.63) is 18.2 Å². The number of nitrogens with two attached hydrogens (primary N) is 1. The Morgan fingerprint density at radius 1 is 1.56 bits per heavy atom. The number of thioether (sulfide) groups is 1. The molecule has 0 bridgehead atoms. The molecule has 1 aromatic carbocycles. The van der Waals surface area contributed by atoms with Crippen LogP contribution in [-0.2, 0) is 4.79 Å². The van der Waals surface area contributed by atoms with E-state index in [1.807, 2.05) is 6.92 Å². The number of hydrogen-bond donors (Lipinski definition) is 2. The van der Waals surface area contributed by atoms with Crippen LogP contribution in [-0.4, -0.2) is 23.5 Å². The van der Waals surface area contributed by atoms with Gasteiger partial charge in [-0.05, 0) is 37.7 Å². The molecule has 0 saturated carbocycles. The predicted molar refractivity (Wildman–Crippen MR) is 76.1 cm³/mol. The van der Waals surface area contributed by atoms with Gasteiger partial charge in [0.2, 0.25) is 5.91 Å². The largest absolute Gasteiger partial charge is 0.497 e. The molecule has 1 aliphatic rings. The van der Waals surface area contributed by atoms with Gasteiger partial charge in [-0.25, -0.2) is 0 Å². The Hall–Kier alpha value is -1.36. The van der Waals surface area contributed by atoms with Gasteiger partial charge >= 0.3 is 0 Å². The molecule has 98 valence electrons. The molecule has 18 heavy (non-hydrogen) atoms. The van der Waals surface area contributed by atoms with E-state index in [-0.39, 0.29) is 10.7 Å². The molecular weight excluding hydrogens is 248 g/mol. The molecule has 0 aliphatic carbocycles. The van der Waals surface area contributed by atoms with Crippen LogP contribution in [0, 0.1) is 0 Å². The molecular formula is C13H18N2O2S. The summed E-state index contributed by atoms with van der Waals surface area (Å²) in [6.45, 7) is 1.99. The molecule has 2 rings (SSSR count). The maximum absolute atomic E-state index is 12.2. The van der Waals surface area contributed by atoms with Crippen LogP contribution in [0.5, 0.6) is 5.75 Å². The lowest BCUT2D eigenvalue weighted by Crippen LogP contribution is -2.34. The second kappa shape index (κ2) is 5.10. The van der Waals surface area contributed by atoms with Crippen molar-refractivity contribution < 1.29 is 9.53 Å². The normalized spacial score (nSPS) is 22.8. The van der Waals surface area contributed by atoms with Crippen molar-refractivity contribution in [3.63, 3.8) is 0 Å². The zero-order chi connectivity index (χ0) is 13.2. The number of amides is 1. The Morgan fingerprint density at radius 3 is 2.89 bits per heavy atom. The Labute approximate surface area is 111 Å². The molecule has 1 aromatic rings. The second-order valence-corrected chi connectivity index (χ2v) is 6.19. The Balaban J connectivity index is 2.12. The Morgan fingerprint density at radius 2 is 2.33 bits per heavy atom. The molecule has 1 unspecified atom stereocenters. The van der Waals surface area contributed by atoms with Crippen molar-refractivity contribution >= 4 is 29.0 Å². The van der Waals surface area contributed by atoms with Gasteiger partial charge in [0.15, 0.2) is 0 Å². The highest BCUT2D eigenvalue weighted by Gasteiger charge is 2.37. The molecule has 3 N–H and O–H groups in total. The van der Waals surface area contributed by atoms with Crippen molar-refractivity contribution in [1.82, 2.24) is 0 Å². The number of nitrogen functional groups attached to an aromatic ring is 1. The van der Waals surface area contributed by atoms with Gasteiger partial charge in [-0.15, -0.1) is 11.8 Å². The molecule has 0 spiro atoms. The number of benzene rings is 1. The van der Waals surface area contributed by atoms with Gasteiger partial charge in [0.25, 0.3) is 0 Å². The Kier molecular flexibility index (Phi) is 3.71. The lowest BCUT2D eigenvalue weighted by molar-refractivity contribution is -0.118. The summed E-state index contributed by atoms with van der Waals surface area (Å²) in [5.41, 5.74) is 7.06. The number of methoxy groups -OCH3 is 1. The molecule has 1 fully saturated rings. The van der Waals surface area contributed by atoms with E-state index in [1.165, 1.54) is 0 Å². The van der Waals surface area contributed by atoms with Gasteiger partial charge in [0.05, 0.1) is 23.2 Å². The first-order valence-electron chi connectivity index (χ1n) is 5.94. The van der Waals surface area contributed by atoms with E-state index >= 15 is 0 Å². The average Bonchev–Trinajstić information content (AvgIpc) is 2.80. The number of nitrogens with one attached hydrogen (secondary N) is 1. The molecule has 1 heterocycles. The third-order valence-electron chi connectivity index (χ3n) is 3.21. The van der Waals surface area contributed by atoms with Gasteiger partial charge in [-0.3, -0.25) is 4.79 Å². The first-order chi connectivity index (χ1) is 8.55. The minimum absolute atomic E-state index is 0.0295. The quantitative estimate of drug-likeness (QED) is 0.825. The maximum Gasteiger partial charge on any atom is 0.240 e. The smallest absolute Gasteiger partial charge is 0.240 e. The van der Waals surface area contributed by atoms with Crippen LogP contribution in [0.3, 0.4) is 0 Å². The van der Waals surface area contributed by atoms with Crippen LogP contribution in [0.15, 0.2) is 18.2 Å². The van der Waals surface area contributed by atoms with Crippen molar-refractivity contribution in [2.75, 3.05) is 23.9 Å². The maximum atomic E-state index is 12.2. The summed E-state index contributed by atoms with van der Waals surface area (Å²) in [7, 11) is 1.59. The van der Waals surface area contributed by atoms with Crippen LogP contribution < -0.4 is 15.8 Å². The van der Waals surface area contributed by atoms with Crippen molar-refractivity contribution in [1.29, 1.82) is 0 Å². The van der Waals surface area contributed by atoms with Gasteiger partial charge in [0, 0.05) is 6.07 Å². The number of carbonyl (C=O) groups is 1. The summed E-state index contributed by atoms with van der Waals surface area (Å²) in [5.74, 6) is 1.76. The van der Waals surface area contributed by atoms with Crippen LogP contribution in [0.1, 0.15) is 19.8 Å². The second-order valence-electron chi connectivity index (χ2n) is 4.59. The van der Waals surface area contributed by atoms with Crippen molar-refractivity contribution in [2.24, 2.45) is 0 Å². The van der Waals surface area contributed by atoms with Crippen molar-refractivity contribution in [2.45, 2.75) is 24.5 Å². The fourth-order valence-corrected chi connectivity index (χ4v) is 3.20. The zero-order valence-corrected chi connectivity index (χ0v) is 11.5. The third kappa shape index (κ3) is 2.56. The summed E-state index contributed by atoms with van der Waals surface area (Å²) in [5, 5.41) is 2.90. The van der Waals surface area contributed by atoms with Crippen molar-refractivity contribution in [3.8, 4) is 5.75 Å². The molecule has 4 nitrogen and oxygen atoms in total. The van der Waals surface area contributed by atoms with Gasteiger partial charge in [-0.1, -0.05) is 0 Å². The highest BCUT2D eigenvalue weighted by molar-refractivity contribution is 8.01. The summed E-state index contributed by atoms with van der Waals surface area (Å²) < 4.78 is 4.75. The lowest BCUT2D eigenvalue weighted by Gasteiger charge is -2.22. The molecule has 1 amide bonds. The predicted octanol–water partition coefficient (Wildman–Crippen LogP) is 2.50. The lowest BCUT2D eigenvalue weighted by atomic mass is 10.0. The first kappa shape index (κ1) is 13.1. The minimum atomic E-state index is -0.327. The number of carbonyl (C=O) groups excluding carboxylic acids is 1. The fourth-order valence-electron chi connectivity index (χ4n) is 1.99. The summed E-state index contributed by atoms with van der Waals surface area (Å²) in [6, 6.07) is 5.27. The zero-order valence-electron chi connectivity index (χ0n) is 10.7. The molecule has 5 heteroatoms. The van der Waals surface area contributed by atoms with Crippen LogP contribution in [0.4, 0.5) is 11.4 Å². The summed E-state index contributed by atoms with van der Waals surface area (Å²) in [4.78, 5) is 12.2. The van der Waals surface area contributed by atoms with E-state index in [1.54, 1.807) is 37.1 Å². The molecule has 0 radical (unpaired) electrons. The molecule has 1 saturated heterocycles. The highest BCUT2D eigenvalue weighted by Crippen LogP contribution is 2.39. The Bertz CT molecular complexity index is 456. The summed E-state index contributed by atoms with van der Waals surface area (Å²) >= 11 is 1.71. The number of anilines is 2. The van der Waals surface area contributed by atoms with Crippen LogP contribution in [0.2, 0.25) is 0 Å². The average molecular weight is 266 g/mol. The third-order valence-corrected chi connectivity index (χ3v) is 4.73. The number of hydrogen-bond acceptors (Lipinski definition) is 4. The van der Waals surface area contributed by atoms with E-state index in [2.05, 4.69) is 5.32 Å². The fraction of sp³-hybridized carbons (Fsp3) is 0.462. The minimum Gasteiger partial charge on any atom is -0.497 e. The van der Waals surface area contributed by atoms with E-state index in [0.29, 0.717) is 17.1 Å². The number of ether oxygens (including phenoxy) is 1. The van der Waals surface area contributed by atoms with Gasteiger partial charge in [0.1, 0.15) is 5.75 Å². The van der Waals surface area contributed by atoms with E-state index in [0.717, 1.165) is 18.6 Å². The highest BCUT2D eigenvalue weighted by atomic mass is 32.2.